The third kappa shape index (κ3) is 4.64. The van der Waals surface area contributed by atoms with Crippen LogP contribution >= 0.6 is 0 Å². The Morgan fingerprint density at radius 1 is 1.31 bits per heavy atom. The van der Waals surface area contributed by atoms with Crippen LogP contribution in [-0.2, 0) is 35.0 Å². The number of ether oxygens (including phenoxy) is 2. The number of fused-ring (bicyclic) bond motifs is 1. The topological polar surface area (TPSA) is 96.0 Å². The molecular weight excluding hydrogens is 410 g/mol. The maximum absolute atomic E-state index is 14.0. The summed E-state index contributed by atoms with van der Waals surface area (Å²) in [4.78, 5) is 24.4. The Hall–Kier alpha value is -2.33. The minimum absolute atomic E-state index is 0.0102. The highest BCUT2D eigenvalue weighted by atomic mass is 32.2. The molecule has 0 spiro atoms. The molecule has 29 heavy (non-hydrogen) atoms. The van der Waals surface area contributed by atoms with Gasteiger partial charge in [-0.1, -0.05) is 18.7 Å². The minimum Gasteiger partial charge on any atom is -0.454 e. The molecule has 2 rings (SSSR count). The van der Waals surface area contributed by atoms with Crippen molar-refractivity contribution >= 4 is 22.1 Å². The third-order valence-corrected chi connectivity index (χ3v) is 6.02. The van der Waals surface area contributed by atoms with Crippen molar-refractivity contribution in [3.63, 3.8) is 0 Å². The van der Waals surface area contributed by atoms with Gasteiger partial charge in [-0.05, 0) is 50.3 Å². The van der Waals surface area contributed by atoms with Crippen molar-refractivity contribution in [1.82, 2.24) is 0 Å². The van der Waals surface area contributed by atoms with Gasteiger partial charge < -0.3 is 9.47 Å². The van der Waals surface area contributed by atoms with E-state index >= 15 is 0 Å². The molecule has 0 aromatic heterocycles. The second-order valence-electron chi connectivity index (χ2n) is 6.67. The molecule has 2 unspecified atom stereocenters. The van der Waals surface area contributed by atoms with Crippen LogP contribution in [0, 0.1) is 0 Å². The second-order valence-corrected chi connectivity index (χ2v) is 8.46. The SMILES string of the molecule is C=C(C)C(=O)OC1CCCc2c(C(=O)OC(C)C(F)(F)S(=O)(=O)OC)cccc21. The molecule has 10 heteroatoms. The van der Waals surface area contributed by atoms with Gasteiger partial charge >= 0.3 is 27.3 Å². The minimum atomic E-state index is -5.25. The molecule has 0 amide bonds. The Morgan fingerprint density at radius 2 is 1.97 bits per heavy atom. The lowest BCUT2D eigenvalue weighted by Gasteiger charge is -2.27. The lowest BCUT2D eigenvalue weighted by atomic mass is 9.86. The zero-order valence-electron chi connectivity index (χ0n) is 16.2. The van der Waals surface area contributed by atoms with E-state index in [-0.39, 0.29) is 11.1 Å². The smallest absolute Gasteiger partial charge is 0.405 e. The Kier molecular flexibility index (Phi) is 6.79. The van der Waals surface area contributed by atoms with Gasteiger partial charge in [0.2, 0.25) is 0 Å². The average molecular weight is 432 g/mol. The fourth-order valence-electron chi connectivity index (χ4n) is 2.96. The maximum Gasteiger partial charge on any atom is 0.405 e. The molecule has 0 radical (unpaired) electrons. The highest BCUT2D eigenvalue weighted by Gasteiger charge is 2.53. The molecular formula is C19H22F2O7S. The average Bonchev–Trinajstić information content (AvgIpc) is 2.67. The van der Waals surface area contributed by atoms with Gasteiger partial charge in [0.15, 0.2) is 6.10 Å². The van der Waals surface area contributed by atoms with Crippen molar-refractivity contribution in [1.29, 1.82) is 0 Å². The monoisotopic (exact) mass is 432 g/mol. The van der Waals surface area contributed by atoms with E-state index in [0.717, 1.165) is 6.92 Å². The lowest BCUT2D eigenvalue weighted by molar-refractivity contribution is -0.145. The Morgan fingerprint density at radius 3 is 2.55 bits per heavy atom. The summed E-state index contributed by atoms with van der Waals surface area (Å²) in [6, 6.07) is 4.58. The molecule has 0 N–H and O–H groups in total. The van der Waals surface area contributed by atoms with Crippen LogP contribution < -0.4 is 0 Å². The van der Waals surface area contributed by atoms with E-state index < -0.39 is 39.5 Å². The summed E-state index contributed by atoms with van der Waals surface area (Å²) in [6.45, 7) is 5.80. The molecule has 0 saturated heterocycles. The number of carbonyl (C=O) groups is 2. The molecule has 1 aliphatic carbocycles. The number of alkyl halides is 2. The summed E-state index contributed by atoms with van der Waals surface area (Å²) >= 11 is 0. The summed E-state index contributed by atoms with van der Waals surface area (Å²) < 4.78 is 64.9. The van der Waals surface area contributed by atoms with Gasteiger partial charge in [-0.15, -0.1) is 0 Å². The number of halogens is 2. The van der Waals surface area contributed by atoms with Gasteiger partial charge in [-0.25, -0.2) is 9.59 Å². The zero-order chi connectivity index (χ0) is 22.0. The standard InChI is InChI=1S/C19H22F2O7S/c1-11(2)17(22)28-16-10-6-7-13-14(16)8-5-9-15(13)18(23)27-12(3)19(20,21)29(24,25)26-4/h5,8-9,12,16H,1,6-7,10H2,2-4H3. The lowest BCUT2D eigenvalue weighted by Crippen LogP contribution is -2.43. The number of esters is 2. The van der Waals surface area contributed by atoms with Crippen LogP contribution in [0.3, 0.4) is 0 Å². The number of hydrogen-bond acceptors (Lipinski definition) is 7. The molecule has 7 nitrogen and oxygen atoms in total. The van der Waals surface area contributed by atoms with Crippen LogP contribution in [0.15, 0.2) is 30.4 Å². The summed E-state index contributed by atoms with van der Waals surface area (Å²) in [5.74, 6) is -1.68. The number of benzene rings is 1. The van der Waals surface area contributed by atoms with Gasteiger partial charge in [0.05, 0.1) is 12.7 Å². The first-order valence-electron chi connectivity index (χ1n) is 8.79. The first-order valence-corrected chi connectivity index (χ1v) is 10.2. The van der Waals surface area contributed by atoms with Gasteiger partial charge in [0, 0.05) is 5.57 Å². The Balaban J connectivity index is 2.29. The van der Waals surface area contributed by atoms with Crippen molar-refractivity contribution in [2.75, 3.05) is 7.11 Å². The van der Waals surface area contributed by atoms with Gasteiger partial charge in [0.1, 0.15) is 6.10 Å². The van der Waals surface area contributed by atoms with Crippen LogP contribution in [0.5, 0.6) is 0 Å². The quantitative estimate of drug-likeness (QED) is 0.371. The van der Waals surface area contributed by atoms with E-state index in [1.165, 1.54) is 19.1 Å². The van der Waals surface area contributed by atoms with Crippen LogP contribution in [0.1, 0.15) is 54.3 Å². The van der Waals surface area contributed by atoms with E-state index in [0.29, 0.717) is 37.5 Å². The van der Waals surface area contributed by atoms with Gasteiger partial charge in [0.25, 0.3) is 0 Å². The molecule has 1 aromatic carbocycles. The summed E-state index contributed by atoms with van der Waals surface area (Å²) in [7, 11) is -4.65. The fraction of sp³-hybridized carbons (Fsp3) is 0.474. The van der Waals surface area contributed by atoms with Crippen molar-refractivity contribution < 1.29 is 40.4 Å². The van der Waals surface area contributed by atoms with E-state index in [9.17, 15) is 26.8 Å². The van der Waals surface area contributed by atoms with E-state index in [1.54, 1.807) is 6.07 Å². The fourth-order valence-corrected chi connectivity index (χ4v) is 3.63. The number of carbonyl (C=O) groups excluding carboxylic acids is 2. The van der Waals surface area contributed by atoms with Crippen LogP contribution in [0.4, 0.5) is 8.78 Å². The molecule has 0 saturated carbocycles. The highest BCUT2D eigenvalue weighted by molar-refractivity contribution is 7.87. The number of rotatable bonds is 7. The number of hydrogen-bond donors (Lipinski definition) is 0. The van der Waals surface area contributed by atoms with E-state index in [2.05, 4.69) is 10.8 Å². The van der Waals surface area contributed by atoms with Crippen molar-refractivity contribution in [3.05, 3.63) is 47.0 Å². The van der Waals surface area contributed by atoms with Crippen molar-refractivity contribution in [2.24, 2.45) is 0 Å². The third-order valence-electron chi connectivity index (χ3n) is 4.58. The zero-order valence-corrected chi connectivity index (χ0v) is 17.1. The van der Waals surface area contributed by atoms with Crippen LogP contribution in [0.25, 0.3) is 0 Å². The predicted molar refractivity (Wildman–Crippen MR) is 98.8 cm³/mol. The summed E-state index contributed by atoms with van der Waals surface area (Å²) in [5.41, 5.74) is 1.32. The van der Waals surface area contributed by atoms with Crippen molar-refractivity contribution in [3.8, 4) is 0 Å². The summed E-state index contributed by atoms with van der Waals surface area (Å²) in [6.07, 6.45) is -1.32. The molecule has 2 atom stereocenters. The molecule has 0 aliphatic heterocycles. The first kappa shape index (κ1) is 23.0. The Labute approximate surface area is 167 Å². The summed E-state index contributed by atoms with van der Waals surface area (Å²) in [5, 5.41) is -4.42. The first-order chi connectivity index (χ1) is 13.4. The molecule has 1 aromatic rings. The van der Waals surface area contributed by atoms with Crippen LogP contribution in [0.2, 0.25) is 0 Å². The normalized spacial score (nSPS) is 17.8. The molecule has 0 bridgehead atoms. The van der Waals surface area contributed by atoms with E-state index in [4.69, 9.17) is 9.47 Å². The maximum atomic E-state index is 14.0. The van der Waals surface area contributed by atoms with E-state index in [1.807, 2.05) is 0 Å². The predicted octanol–water partition coefficient (Wildman–Crippen LogP) is 3.30. The van der Waals surface area contributed by atoms with Gasteiger partial charge in [-0.2, -0.15) is 17.2 Å². The highest BCUT2D eigenvalue weighted by Crippen LogP contribution is 2.36. The molecule has 0 heterocycles. The van der Waals surface area contributed by atoms with Gasteiger partial charge in [-0.3, -0.25) is 4.18 Å². The largest absolute Gasteiger partial charge is 0.454 e. The van der Waals surface area contributed by atoms with Crippen LogP contribution in [-0.4, -0.2) is 38.8 Å². The molecule has 0 fully saturated rings. The van der Waals surface area contributed by atoms with Crippen molar-refractivity contribution in [2.45, 2.75) is 50.6 Å². The molecule has 1 aliphatic rings. The second kappa shape index (κ2) is 8.58. The Bertz CT molecular complexity index is 924. The molecule has 160 valence electrons.